The summed E-state index contributed by atoms with van der Waals surface area (Å²) in [5, 5.41) is 2.85. The highest BCUT2D eigenvalue weighted by Crippen LogP contribution is 2.22. The molecule has 29 heavy (non-hydrogen) atoms. The molecule has 0 unspecified atom stereocenters. The van der Waals surface area contributed by atoms with E-state index < -0.39 is 0 Å². The highest BCUT2D eigenvalue weighted by Gasteiger charge is 2.13. The number of nitrogens with zero attached hydrogens (tertiary/aromatic N) is 1. The molecule has 0 spiro atoms. The number of hydrogen-bond acceptors (Lipinski definition) is 5. The van der Waals surface area contributed by atoms with Gasteiger partial charge in [0.25, 0.3) is 0 Å². The van der Waals surface area contributed by atoms with Crippen LogP contribution in [0, 0.1) is 6.92 Å². The molecule has 5 nitrogen and oxygen atoms in total. The maximum absolute atomic E-state index is 12.1. The molecule has 1 fully saturated rings. The fourth-order valence-electron chi connectivity index (χ4n) is 3.47. The van der Waals surface area contributed by atoms with E-state index in [1.54, 1.807) is 6.07 Å². The van der Waals surface area contributed by atoms with Gasteiger partial charge in [-0.25, -0.2) is 0 Å². The normalized spacial score (nSPS) is 13.9. The van der Waals surface area contributed by atoms with Gasteiger partial charge in [0.05, 0.1) is 4.88 Å². The van der Waals surface area contributed by atoms with E-state index in [-0.39, 0.29) is 43.2 Å². The van der Waals surface area contributed by atoms with Gasteiger partial charge in [0.15, 0.2) is 5.78 Å². The van der Waals surface area contributed by atoms with Crippen LogP contribution in [0.4, 0.5) is 11.4 Å². The number of hydrogen-bond donors (Lipinski definition) is 1. The van der Waals surface area contributed by atoms with E-state index in [9.17, 15) is 14.4 Å². The summed E-state index contributed by atoms with van der Waals surface area (Å²) in [7, 11) is 0. The van der Waals surface area contributed by atoms with Gasteiger partial charge in [-0.2, -0.15) is 0 Å². The lowest BCUT2D eigenvalue weighted by atomic mass is 10.1. The third-order valence-electron chi connectivity index (χ3n) is 5.15. The van der Waals surface area contributed by atoms with Gasteiger partial charge < -0.3 is 10.2 Å². The van der Waals surface area contributed by atoms with Crippen molar-refractivity contribution in [1.29, 1.82) is 0 Å². The first-order valence-electron chi connectivity index (χ1n) is 10.3. The van der Waals surface area contributed by atoms with Crippen LogP contribution in [-0.2, 0) is 9.59 Å². The molecular formula is C23H28N2O3S. The Kier molecular flexibility index (Phi) is 7.58. The molecule has 154 valence electrons. The van der Waals surface area contributed by atoms with Crippen molar-refractivity contribution in [2.75, 3.05) is 23.3 Å². The molecule has 1 aliphatic heterocycles. The Morgan fingerprint density at radius 1 is 0.897 bits per heavy atom. The summed E-state index contributed by atoms with van der Waals surface area (Å²) in [6.07, 6.45) is 4.45. The smallest absolute Gasteiger partial charge is 0.224 e. The van der Waals surface area contributed by atoms with Gasteiger partial charge in [-0.15, -0.1) is 11.3 Å². The number of carbonyl (C=O) groups is 3. The van der Waals surface area contributed by atoms with Crippen LogP contribution >= 0.6 is 11.3 Å². The fraction of sp³-hybridized carbons (Fsp3) is 0.435. The van der Waals surface area contributed by atoms with E-state index in [0.717, 1.165) is 23.7 Å². The topological polar surface area (TPSA) is 66.5 Å². The van der Waals surface area contributed by atoms with Crippen molar-refractivity contribution >= 4 is 40.2 Å². The van der Waals surface area contributed by atoms with Crippen LogP contribution in [0.25, 0.3) is 0 Å². The van der Waals surface area contributed by atoms with Crippen molar-refractivity contribution in [1.82, 2.24) is 0 Å². The van der Waals surface area contributed by atoms with Gasteiger partial charge >= 0.3 is 0 Å². The number of nitrogens with one attached hydrogen (secondary N) is 1. The first kappa shape index (κ1) is 21.2. The predicted molar refractivity (Wildman–Crippen MR) is 118 cm³/mol. The Morgan fingerprint density at radius 2 is 1.59 bits per heavy atom. The Balaban J connectivity index is 1.37. The largest absolute Gasteiger partial charge is 0.372 e. The molecule has 3 rings (SSSR count). The molecule has 2 aromatic rings. The number of thiophene rings is 1. The molecule has 0 bridgehead atoms. The SMILES string of the molecule is Cc1ccc(C(=O)CCC(=O)CCC(=O)Nc2ccc(N3CCCCC3)cc2)s1. The lowest BCUT2D eigenvalue weighted by Crippen LogP contribution is -2.29. The number of piperidine rings is 1. The minimum atomic E-state index is -0.177. The number of amides is 1. The summed E-state index contributed by atoms with van der Waals surface area (Å²) < 4.78 is 0. The molecule has 0 radical (unpaired) electrons. The van der Waals surface area contributed by atoms with Crippen LogP contribution in [0.15, 0.2) is 36.4 Å². The van der Waals surface area contributed by atoms with Gasteiger partial charge in [0.2, 0.25) is 5.91 Å². The first-order valence-corrected chi connectivity index (χ1v) is 11.1. The molecule has 6 heteroatoms. The summed E-state index contributed by atoms with van der Waals surface area (Å²) in [5.41, 5.74) is 1.93. The molecule has 0 aliphatic carbocycles. The Labute approximate surface area is 176 Å². The average Bonchev–Trinajstić information content (AvgIpc) is 3.18. The van der Waals surface area contributed by atoms with Crippen LogP contribution < -0.4 is 10.2 Å². The number of anilines is 2. The zero-order chi connectivity index (χ0) is 20.6. The zero-order valence-electron chi connectivity index (χ0n) is 16.9. The number of rotatable bonds is 9. The minimum absolute atomic E-state index is 0.00491. The van der Waals surface area contributed by atoms with E-state index in [1.165, 1.54) is 36.3 Å². The second kappa shape index (κ2) is 10.3. The van der Waals surface area contributed by atoms with Gasteiger partial charge in [-0.05, 0) is 62.6 Å². The van der Waals surface area contributed by atoms with Gasteiger partial charge in [-0.1, -0.05) is 0 Å². The molecule has 1 aliphatic rings. The van der Waals surface area contributed by atoms with E-state index >= 15 is 0 Å². The van der Waals surface area contributed by atoms with Crippen molar-refractivity contribution in [2.24, 2.45) is 0 Å². The van der Waals surface area contributed by atoms with Crippen molar-refractivity contribution in [3.63, 3.8) is 0 Å². The number of Topliss-reactive ketones (excluding diaryl/α,β-unsaturated/α-hetero) is 2. The molecule has 0 atom stereocenters. The molecule has 1 saturated heterocycles. The van der Waals surface area contributed by atoms with Crippen molar-refractivity contribution in [3.8, 4) is 0 Å². The van der Waals surface area contributed by atoms with Crippen LogP contribution in [-0.4, -0.2) is 30.6 Å². The van der Waals surface area contributed by atoms with Gasteiger partial charge in [0, 0.05) is 55.0 Å². The quantitative estimate of drug-likeness (QED) is 0.589. The molecule has 1 aromatic heterocycles. The lowest BCUT2D eigenvalue weighted by Gasteiger charge is -2.28. The summed E-state index contributed by atoms with van der Waals surface area (Å²) in [6, 6.07) is 11.6. The molecule has 0 saturated carbocycles. The first-order chi connectivity index (χ1) is 14.0. The predicted octanol–water partition coefficient (Wildman–Crippen LogP) is 5.00. The van der Waals surface area contributed by atoms with Crippen molar-refractivity contribution in [3.05, 3.63) is 46.2 Å². The standard InChI is InChI=1S/C23H28N2O3S/c1-17-5-13-22(29-17)21(27)12-10-20(26)11-14-23(28)24-18-6-8-19(9-7-18)25-15-3-2-4-16-25/h5-9,13H,2-4,10-12,14-16H2,1H3,(H,24,28). The lowest BCUT2D eigenvalue weighted by molar-refractivity contribution is -0.122. The maximum Gasteiger partial charge on any atom is 0.224 e. The minimum Gasteiger partial charge on any atom is -0.372 e. The summed E-state index contributed by atoms with van der Waals surface area (Å²) in [6.45, 7) is 4.12. The third-order valence-corrected chi connectivity index (χ3v) is 6.19. The Bertz CT molecular complexity index is 851. The maximum atomic E-state index is 12.1. The van der Waals surface area contributed by atoms with Crippen LogP contribution in [0.5, 0.6) is 0 Å². The zero-order valence-corrected chi connectivity index (χ0v) is 17.7. The average molecular weight is 413 g/mol. The van der Waals surface area contributed by atoms with Crippen LogP contribution in [0.2, 0.25) is 0 Å². The van der Waals surface area contributed by atoms with Gasteiger partial charge in [-0.3, -0.25) is 14.4 Å². The van der Waals surface area contributed by atoms with Crippen LogP contribution in [0.3, 0.4) is 0 Å². The van der Waals surface area contributed by atoms with E-state index in [1.807, 2.05) is 37.3 Å². The molecule has 1 aromatic carbocycles. The monoisotopic (exact) mass is 412 g/mol. The molecule has 2 heterocycles. The summed E-state index contributed by atoms with van der Waals surface area (Å²) in [4.78, 5) is 40.4. The van der Waals surface area contributed by atoms with E-state index in [2.05, 4.69) is 10.2 Å². The molecule has 1 amide bonds. The Hall–Kier alpha value is -2.47. The number of benzene rings is 1. The highest BCUT2D eigenvalue weighted by atomic mass is 32.1. The van der Waals surface area contributed by atoms with Crippen molar-refractivity contribution in [2.45, 2.75) is 51.9 Å². The van der Waals surface area contributed by atoms with Gasteiger partial charge in [0.1, 0.15) is 5.78 Å². The molecule has 1 N–H and O–H groups in total. The second-order valence-electron chi connectivity index (χ2n) is 7.51. The third kappa shape index (κ3) is 6.53. The van der Waals surface area contributed by atoms with E-state index in [0.29, 0.717) is 4.88 Å². The fourth-order valence-corrected chi connectivity index (χ4v) is 4.30. The molecular weight excluding hydrogens is 384 g/mol. The summed E-state index contributed by atoms with van der Waals surface area (Å²) >= 11 is 1.45. The second-order valence-corrected chi connectivity index (χ2v) is 8.80. The number of ketones is 2. The van der Waals surface area contributed by atoms with E-state index in [4.69, 9.17) is 0 Å². The number of carbonyl (C=O) groups excluding carboxylic acids is 3. The highest BCUT2D eigenvalue weighted by molar-refractivity contribution is 7.14. The summed E-state index contributed by atoms with van der Waals surface area (Å²) in [5.74, 6) is -0.235. The number of aryl methyl sites for hydroxylation is 1. The van der Waals surface area contributed by atoms with Crippen LogP contribution in [0.1, 0.15) is 59.5 Å². The Morgan fingerprint density at radius 3 is 2.24 bits per heavy atom. The van der Waals surface area contributed by atoms with Crippen molar-refractivity contribution < 1.29 is 14.4 Å².